The van der Waals surface area contributed by atoms with Gasteiger partial charge in [0, 0.05) is 39.7 Å². The van der Waals surface area contributed by atoms with Crippen LogP contribution in [-0.2, 0) is 16.1 Å². The molecule has 1 rings (SSSR count). The van der Waals surface area contributed by atoms with Crippen LogP contribution >= 0.6 is 0 Å². The Morgan fingerprint density at radius 2 is 2.00 bits per heavy atom. The Kier molecular flexibility index (Phi) is 6.59. The number of nitrogens with zero attached hydrogens (tertiary/aromatic N) is 2. The molecule has 0 saturated carbocycles. The van der Waals surface area contributed by atoms with Crippen LogP contribution in [0.4, 0.5) is 11.6 Å². The van der Waals surface area contributed by atoms with Crippen LogP contribution in [0.5, 0.6) is 0 Å². The summed E-state index contributed by atoms with van der Waals surface area (Å²) in [4.78, 5) is 19.7. The number of ether oxygens (including phenoxy) is 1. The fourth-order valence-electron chi connectivity index (χ4n) is 1.48. The van der Waals surface area contributed by atoms with Gasteiger partial charge in [-0.25, -0.2) is 9.97 Å². The summed E-state index contributed by atoms with van der Waals surface area (Å²) in [5.41, 5.74) is 0. The topological polar surface area (TPSA) is 88.2 Å². The molecule has 0 fully saturated rings. The van der Waals surface area contributed by atoms with Crippen molar-refractivity contribution in [3.8, 4) is 0 Å². The second-order valence-electron chi connectivity index (χ2n) is 3.87. The van der Waals surface area contributed by atoms with Crippen LogP contribution in [0.3, 0.4) is 0 Å². The molecule has 0 spiro atoms. The minimum atomic E-state index is -0.00872. The number of aromatic nitrogens is 2. The first-order valence-electron chi connectivity index (χ1n) is 6.24. The van der Waals surface area contributed by atoms with Crippen LogP contribution in [0.25, 0.3) is 0 Å². The van der Waals surface area contributed by atoms with Gasteiger partial charge in [-0.2, -0.15) is 0 Å². The van der Waals surface area contributed by atoms with Gasteiger partial charge < -0.3 is 20.7 Å². The molecule has 0 aliphatic heterocycles. The van der Waals surface area contributed by atoms with Crippen molar-refractivity contribution in [2.45, 2.75) is 20.0 Å². The van der Waals surface area contributed by atoms with Gasteiger partial charge in [-0.15, -0.1) is 0 Å². The van der Waals surface area contributed by atoms with Crippen LogP contribution in [0, 0.1) is 0 Å². The van der Waals surface area contributed by atoms with E-state index in [-0.39, 0.29) is 5.91 Å². The molecule has 106 valence electrons. The SMILES string of the molecule is CCNc1cc(NCCC(=O)NC)nc(COC)n1. The standard InChI is InChI=1S/C12H21N5O2/c1-4-14-9-7-10(15-6-5-12(18)13-2)17-11(16-9)8-19-3/h7H,4-6,8H2,1-3H3,(H,13,18)(H2,14,15,16,17). The van der Waals surface area contributed by atoms with E-state index in [9.17, 15) is 4.79 Å². The van der Waals surface area contributed by atoms with Gasteiger partial charge in [0.25, 0.3) is 0 Å². The minimum absolute atomic E-state index is 0.00872. The number of anilines is 2. The van der Waals surface area contributed by atoms with Gasteiger partial charge >= 0.3 is 0 Å². The summed E-state index contributed by atoms with van der Waals surface area (Å²) in [6.07, 6.45) is 0.399. The molecular weight excluding hydrogens is 246 g/mol. The molecule has 0 aromatic carbocycles. The highest BCUT2D eigenvalue weighted by atomic mass is 16.5. The lowest BCUT2D eigenvalue weighted by atomic mass is 10.4. The maximum absolute atomic E-state index is 11.1. The maximum atomic E-state index is 11.1. The number of hydrogen-bond acceptors (Lipinski definition) is 6. The molecule has 7 nitrogen and oxygen atoms in total. The number of nitrogens with one attached hydrogen (secondary N) is 3. The highest BCUT2D eigenvalue weighted by Gasteiger charge is 2.05. The summed E-state index contributed by atoms with van der Waals surface area (Å²) in [5, 5.41) is 8.80. The lowest BCUT2D eigenvalue weighted by Crippen LogP contribution is -2.21. The molecule has 19 heavy (non-hydrogen) atoms. The molecule has 0 aliphatic carbocycles. The molecule has 1 aromatic rings. The molecule has 0 aliphatic rings. The summed E-state index contributed by atoms with van der Waals surface area (Å²) in [7, 11) is 3.22. The first-order chi connectivity index (χ1) is 9.19. The number of methoxy groups -OCH3 is 1. The average Bonchev–Trinajstić information content (AvgIpc) is 2.39. The van der Waals surface area contributed by atoms with Crippen molar-refractivity contribution in [3.05, 3.63) is 11.9 Å². The fourth-order valence-corrected chi connectivity index (χ4v) is 1.48. The van der Waals surface area contributed by atoms with E-state index < -0.39 is 0 Å². The molecule has 7 heteroatoms. The molecule has 1 amide bonds. The quantitative estimate of drug-likeness (QED) is 0.639. The number of hydrogen-bond donors (Lipinski definition) is 3. The van der Waals surface area contributed by atoms with E-state index in [4.69, 9.17) is 4.74 Å². The van der Waals surface area contributed by atoms with E-state index in [2.05, 4.69) is 25.9 Å². The molecule has 0 atom stereocenters. The van der Waals surface area contributed by atoms with E-state index in [0.717, 1.165) is 12.4 Å². The van der Waals surface area contributed by atoms with Gasteiger partial charge in [0.2, 0.25) is 5.91 Å². The minimum Gasteiger partial charge on any atom is -0.377 e. The van der Waals surface area contributed by atoms with Gasteiger partial charge in [-0.3, -0.25) is 4.79 Å². The molecule has 1 heterocycles. The summed E-state index contributed by atoms with van der Waals surface area (Å²) in [6.45, 7) is 3.65. The lowest BCUT2D eigenvalue weighted by Gasteiger charge is -2.10. The summed E-state index contributed by atoms with van der Waals surface area (Å²) < 4.78 is 5.03. The lowest BCUT2D eigenvalue weighted by molar-refractivity contribution is -0.120. The average molecular weight is 267 g/mol. The predicted octanol–water partition coefficient (Wildman–Crippen LogP) is 0.603. The highest BCUT2D eigenvalue weighted by Crippen LogP contribution is 2.11. The van der Waals surface area contributed by atoms with Gasteiger partial charge in [-0.1, -0.05) is 0 Å². The van der Waals surface area contributed by atoms with Gasteiger partial charge in [0.15, 0.2) is 5.82 Å². The van der Waals surface area contributed by atoms with E-state index in [0.29, 0.717) is 31.2 Å². The maximum Gasteiger partial charge on any atom is 0.221 e. The van der Waals surface area contributed by atoms with Crippen molar-refractivity contribution in [2.24, 2.45) is 0 Å². The molecular formula is C12H21N5O2. The van der Waals surface area contributed by atoms with Crippen LogP contribution in [0.1, 0.15) is 19.2 Å². The third kappa shape index (κ3) is 5.52. The summed E-state index contributed by atoms with van der Waals surface area (Å²) in [5.74, 6) is 2.02. The smallest absolute Gasteiger partial charge is 0.221 e. The second-order valence-corrected chi connectivity index (χ2v) is 3.87. The Morgan fingerprint density at radius 3 is 2.58 bits per heavy atom. The zero-order chi connectivity index (χ0) is 14.1. The van der Waals surface area contributed by atoms with Gasteiger partial charge in [-0.05, 0) is 6.92 Å². The molecule has 3 N–H and O–H groups in total. The van der Waals surface area contributed by atoms with Crippen molar-refractivity contribution < 1.29 is 9.53 Å². The van der Waals surface area contributed by atoms with Crippen molar-refractivity contribution in [3.63, 3.8) is 0 Å². The fraction of sp³-hybridized carbons (Fsp3) is 0.583. The normalized spacial score (nSPS) is 10.1. The van der Waals surface area contributed by atoms with Gasteiger partial charge in [0.1, 0.15) is 18.2 Å². The largest absolute Gasteiger partial charge is 0.377 e. The Hall–Kier alpha value is -1.89. The third-order valence-corrected chi connectivity index (χ3v) is 2.34. The van der Waals surface area contributed by atoms with Crippen molar-refractivity contribution in [2.75, 3.05) is 37.9 Å². The molecule has 0 bridgehead atoms. The van der Waals surface area contributed by atoms with Crippen molar-refractivity contribution in [1.29, 1.82) is 0 Å². The second kappa shape index (κ2) is 8.25. The Labute approximate surface area is 113 Å². The van der Waals surface area contributed by atoms with Crippen LogP contribution in [-0.4, -0.2) is 43.1 Å². The van der Waals surface area contributed by atoms with E-state index >= 15 is 0 Å². The Balaban J connectivity index is 2.66. The summed E-state index contributed by atoms with van der Waals surface area (Å²) in [6, 6.07) is 1.81. The Bertz CT molecular complexity index is 387. The highest BCUT2D eigenvalue weighted by molar-refractivity contribution is 5.76. The molecule has 1 aromatic heterocycles. The summed E-state index contributed by atoms with van der Waals surface area (Å²) >= 11 is 0. The van der Waals surface area contributed by atoms with Crippen molar-refractivity contribution in [1.82, 2.24) is 15.3 Å². The molecule has 0 saturated heterocycles. The molecule has 0 radical (unpaired) electrons. The van der Waals surface area contributed by atoms with Crippen LogP contribution in [0.15, 0.2) is 6.07 Å². The van der Waals surface area contributed by atoms with E-state index in [1.54, 1.807) is 14.2 Å². The van der Waals surface area contributed by atoms with E-state index in [1.165, 1.54) is 0 Å². The first kappa shape index (κ1) is 15.2. The van der Waals surface area contributed by atoms with Gasteiger partial charge in [0.05, 0.1) is 0 Å². The monoisotopic (exact) mass is 267 g/mol. The first-order valence-corrected chi connectivity index (χ1v) is 6.24. The number of rotatable bonds is 8. The molecule has 0 unspecified atom stereocenters. The number of carbonyl (C=O) groups is 1. The van der Waals surface area contributed by atoms with E-state index in [1.807, 2.05) is 13.0 Å². The third-order valence-electron chi connectivity index (χ3n) is 2.34. The number of amides is 1. The zero-order valence-electron chi connectivity index (χ0n) is 11.6. The number of carbonyl (C=O) groups excluding carboxylic acids is 1. The van der Waals surface area contributed by atoms with Crippen LogP contribution in [0.2, 0.25) is 0 Å². The predicted molar refractivity (Wildman–Crippen MR) is 74.1 cm³/mol. The zero-order valence-corrected chi connectivity index (χ0v) is 11.6. The Morgan fingerprint density at radius 1 is 1.32 bits per heavy atom. The van der Waals surface area contributed by atoms with Crippen molar-refractivity contribution >= 4 is 17.5 Å². The van der Waals surface area contributed by atoms with Crippen LogP contribution < -0.4 is 16.0 Å².